The summed E-state index contributed by atoms with van der Waals surface area (Å²) in [7, 11) is 0. The van der Waals surface area contributed by atoms with Crippen LogP contribution in [0.25, 0.3) is 0 Å². The van der Waals surface area contributed by atoms with E-state index in [1.165, 1.54) is 0 Å². The van der Waals surface area contributed by atoms with Crippen LogP contribution in [-0.4, -0.2) is 112 Å². The van der Waals surface area contributed by atoms with E-state index in [-0.39, 0.29) is 17.1 Å². The molecule has 0 radical (unpaired) electrons. The van der Waals surface area contributed by atoms with Gasteiger partial charge in [-0.3, -0.25) is 9.59 Å². The monoisotopic (exact) mass is 444 g/mol. The number of aliphatic hydroxyl groups is 6. The van der Waals surface area contributed by atoms with Gasteiger partial charge in [0, 0.05) is 17.1 Å². The number of carboxylic acid groups (broad SMARTS) is 4. The number of aliphatic carboxylic acids is 4. The van der Waals surface area contributed by atoms with Crippen molar-refractivity contribution >= 4 is 23.9 Å². The molecule has 0 spiro atoms. The van der Waals surface area contributed by atoms with Crippen molar-refractivity contribution in [1.82, 2.24) is 0 Å². The van der Waals surface area contributed by atoms with Gasteiger partial charge in [-0.1, -0.05) is 0 Å². The Morgan fingerprint density at radius 3 is 1.37 bits per heavy atom. The van der Waals surface area contributed by atoms with Crippen LogP contribution in [0.5, 0.6) is 0 Å². The van der Waals surface area contributed by atoms with Crippen molar-refractivity contribution in [3.05, 3.63) is 0 Å². The molecule has 0 saturated carbocycles. The summed E-state index contributed by atoms with van der Waals surface area (Å²) < 4.78 is 0. The van der Waals surface area contributed by atoms with Crippen LogP contribution in [0.3, 0.4) is 0 Å². The number of rotatable bonds is 10. The molecule has 4 atom stereocenters. The molecule has 0 aromatic carbocycles. The second kappa shape index (κ2) is 13.3. The predicted molar refractivity (Wildman–Crippen MR) is 75.8 cm³/mol. The van der Waals surface area contributed by atoms with Crippen molar-refractivity contribution in [3.8, 4) is 0 Å². The number of aliphatic hydroxyl groups excluding tert-OH is 5. The average Bonchev–Trinajstić information content (AvgIpc) is 2.50. The van der Waals surface area contributed by atoms with Gasteiger partial charge in [0.15, 0.2) is 11.7 Å². The Morgan fingerprint density at radius 2 is 1.15 bits per heavy atom. The van der Waals surface area contributed by atoms with Crippen LogP contribution in [0.2, 0.25) is 0 Å². The van der Waals surface area contributed by atoms with Gasteiger partial charge >= 0.3 is 23.9 Å². The van der Waals surface area contributed by atoms with Crippen molar-refractivity contribution in [2.45, 2.75) is 42.9 Å². The van der Waals surface area contributed by atoms with Crippen LogP contribution in [0.4, 0.5) is 0 Å². The first kappa shape index (κ1) is 29.9. The van der Waals surface area contributed by atoms with Crippen molar-refractivity contribution in [2.24, 2.45) is 0 Å². The van der Waals surface area contributed by atoms with E-state index in [1.54, 1.807) is 0 Å². The fourth-order valence-electron chi connectivity index (χ4n) is 1.38. The van der Waals surface area contributed by atoms with Gasteiger partial charge in [0.25, 0.3) is 0 Å². The topological polar surface area (TPSA) is 271 Å². The summed E-state index contributed by atoms with van der Waals surface area (Å²) in [6.45, 7) is -0.843. The fraction of sp³-hybridized carbons (Fsp3) is 0.667. The van der Waals surface area contributed by atoms with Gasteiger partial charge in [0.05, 0.1) is 19.4 Å². The third kappa shape index (κ3) is 11.5. The first-order valence-corrected chi connectivity index (χ1v) is 6.64. The molecule has 0 heterocycles. The first-order chi connectivity index (χ1) is 11.7. The van der Waals surface area contributed by atoms with Gasteiger partial charge in [-0.15, -0.1) is 0 Å². The maximum Gasteiger partial charge on any atom is 0.336 e. The van der Waals surface area contributed by atoms with E-state index < -0.39 is 73.3 Å². The summed E-state index contributed by atoms with van der Waals surface area (Å²) in [5.41, 5.74) is -2.74. The summed E-state index contributed by atoms with van der Waals surface area (Å²) >= 11 is 0. The SMILES string of the molecule is O=C(O)CC(O)(CC(=O)O)C(=O)O.O=C(O)[C@H](O)[C@@H](O)[C@H](O)[C@H](O)CO.[Fe]. The van der Waals surface area contributed by atoms with Gasteiger partial charge in [-0.05, 0) is 0 Å². The molecule has 14 nitrogen and oxygen atoms in total. The molecule has 0 aliphatic carbocycles. The first-order valence-electron chi connectivity index (χ1n) is 6.64. The Bertz CT molecular complexity index is 492. The van der Waals surface area contributed by atoms with Crippen LogP contribution in [-0.2, 0) is 36.2 Å². The van der Waals surface area contributed by atoms with Crippen LogP contribution < -0.4 is 0 Å². The molecule has 0 aliphatic rings. The molecule has 0 bridgehead atoms. The molecule has 0 fully saturated rings. The Hall–Kier alpha value is -1.84. The van der Waals surface area contributed by atoms with E-state index in [2.05, 4.69) is 0 Å². The molecule has 0 aromatic rings. The zero-order chi connectivity index (χ0) is 21.2. The van der Waals surface area contributed by atoms with Crippen molar-refractivity contribution in [1.29, 1.82) is 0 Å². The second-order valence-corrected chi connectivity index (χ2v) is 4.99. The van der Waals surface area contributed by atoms with E-state index in [4.69, 9.17) is 51.1 Å². The third-order valence-corrected chi connectivity index (χ3v) is 2.79. The number of carbonyl (C=O) groups is 4. The maximum absolute atomic E-state index is 10.3. The van der Waals surface area contributed by atoms with Gasteiger partial charge in [-0.2, -0.15) is 0 Å². The Kier molecular flexibility index (Phi) is 14.8. The normalized spacial score (nSPS) is 15.0. The van der Waals surface area contributed by atoms with Gasteiger partial charge in [0.1, 0.15) is 18.3 Å². The molecule has 160 valence electrons. The van der Waals surface area contributed by atoms with E-state index in [9.17, 15) is 19.2 Å². The molecule has 0 unspecified atom stereocenters. The standard InChI is InChI=1S/C6H8O7.C6H12O7.Fe/c7-3(8)1-6(13,5(11)12)2-4(9)10;7-1-2(8)3(9)4(10)5(11)6(12)13;/h13H,1-2H2,(H,7,8)(H,9,10)(H,11,12);2-5,7-11H,1H2,(H,12,13);/t;2-,3-,4+,5-;/m.1./s1. The van der Waals surface area contributed by atoms with Crippen molar-refractivity contribution in [3.63, 3.8) is 0 Å². The number of hydrogen-bond donors (Lipinski definition) is 10. The molecule has 0 rings (SSSR count). The van der Waals surface area contributed by atoms with Crippen LogP contribution >= 0.6 is 0 Å². The summed E-state index contributed by atoms with van der Waals surface area (Å²) in [4.78, 5) is 40.6. The summed E-state index contributed by atoms with van der Waals surface area (Å²) in [5.74, 6) is -6.74. The fourth-order valence-corrected chi connectivity index (χ4v) is 1.38. The predicted octanol–water partition coefficient (Wildman–Crippen LogP) is -4.74. The summed E-state index contributed by atoms with van der Waals surface area (Å²) in [5, 5.41) is 85.6. The Morgan fingerprint density at radius 1 is 0.778 bits per heavy atom. The largest absolute Gasteiger partial charge is 0.481 e. The molecule has 0 aromatic heterocycles. The molecule has 0 saturated heterocycles. The summed E-state index contributed by atoms with van der Waals surface area (Å²) in [6.07, 6.45) is -10.1. The molecular weight excluding hydrogens is 424 g/mol. The van der Waals surface area contributed by atoms with Gasteiger partial charge in [0.2, 0.25) is 0 Å². The zero-order valence-corrected chi connectivity index (χ0v) is 14.5. The van der Waals surface area contributed by atoms with Gasteiger partial charge in [-0.25, -0.2) is 9.59 Å². The van der Waals surface area contributed by atoms with Crippen LogP contribution in [0, 0.1) is 0 Å². The average molecular weight is 444 g/mol. The van der Waals surface area contributed by atoms with Crippen LogP contribution in [0.15, 0.2) is 0 Å². The van der Waals surface area contributed by atoms with E-state index in [0.717, 1.165) is 0 Å². The molecule has 0 aliphatic heterocycles. The molecule has 15 heteroatoms. The maximum atomic E-state index is 10.3. The minimum Gasteiger partial charge on any atom is -0.481 e. The smallest absolute Gasteiger partial charge is 0.336 e. The second-order valence-electron chi connectivity index (χ2n) is 4.99. The van der Waals surface area contributed by atoms with Crippen molar-refractivity contribution < 1.29 is 87.3 Å². The molecule has 27 heavy (non-hydrogen) atoms. The zero-order valence-electron chi connectivity index (χ0n) is 13.4. The molecule has 10 N–H and O–H groups in total. The van der Waals surface area contributed by atoms with E-state index in [0.29, 0.717) is 0 Å². The Labute approximate surface area is 161 Å². The quantitative estimate of drug-likeness (QED) is 0.142. The van der Waals surface area contributed by atoms with Gasteiger partial charge < -0.3 is 51.1 Å². The number of hydrogen-bond acceptors (Lipinski definition) is 10. The van der Waals surface area contributed by atoms with Crippen molar-refractivity contribution in [2.75, 3.05) is 6.61 Å². The van der Waals surface area contributed by atoms with Crippen LogP contribution in [0.1, 0.15) is 12.8 Å². The Balaban J connectivity index is -0.000000411. The molecule has 0 amide bonds. The minimum atomic E-state index is -2.74. The van der Waals surface area contributed by atoms with E-state index >= 15 is 0 Å². The van der Waals surface area contributed by atoms with E-state index in [1.807, 2.05) is 0 Å². The third-order valence-electron chi connectivity index (χ3n) is 2.79. The minimum absolute atomic E-state index is 0. The molecular formula is C12H20FeO14. The summed E-state index contributed by atoms with van der Waals surface area (Å²) in [6, 6.07) is 0. The number of carboxylic acids is 4.